The fourth-order valence-corrected chi connectivity index (χ4v) is 3.88. The summed E-state index contributed by atoms with van der Waals surface area (Å²) in [6.07, 6.45) is 5.37. The number of pyridine rings is 1. The van der Waals surface area contributed by atoms with Gasteiger partial charge in [-0.2, -0.15) is 0 Å². The summed E-state index contributed by atoms with van der Waals surface area (Å²) in [7, 11) is 0. The molecule has 162 valence electrons. The van der Waals surface area contributed by atoms with Gasteiger partial charge in [0, 0.05) is 37.1 Å². The van der Waals surface area contributed by atoms with Crippen LogP contribution in [0.1, 0.15) is 24.4 Å². The minimum atomic E-state index is -0.278. The molecule has 32 heavy (non-hydrogen) atoms. The molecule has 0 atom stereocenters. The quantitative estimate of drug-likeness (QED) is 0.473. The Balaban J connectivity index is 1.21. The van der Waals surface area contributed by atoms with E-state index in [1.54, 1.807) is 17.0 Å². The number of hydrogen-bond acceptors (Lipinski definition) is 4. The summed E-state index contributed by atoms with van der Waals surface area (Å²) in [6.45, 7) is 1.03. The van der Waals surface area contributed by atoms with Crippen molar-refractivity contribution in [1.29, 1.82) is 0 Å². The van der Waals surface area contributed by atoms with Crippen LogP contribution in [0.3, 0.4) is 0 Å². The van der Waals surface area contributed by atoms with Crippen LogP contribution < -0.4 is 16.3 Å². The molecule has 1 aliphatic rings. The van der Waals surface area contributed by atoms with Gasteiger partial charge in [0.1, 0.15) is 0 Å². The van der Waals surface area contributed by atoms with Crippen LogP contribution in [0.2, 0.25) is 0 Å². The maximum atomic E-state index is 12.9. The van der Waals surface area contributed by atoms with Crippen LogP contribution >= 0.6 is 0 Å². The number of amides is 2. The van der Waals surface area contributed by atoms with Crippen LogP contribution in [0.15, 0.2) is 71.8 Å². The third kappa shape index (κ3) is 4.12. The molecule has 0 unspecified atom stereocenters. The SMILES string of the molecule is O=C(NCCn1nc(-c2cccnc2)n(C2CC2)c1=O)NCc1cccc2ccccc12. The van der Waals surface area contributed by atoms with Crippen molar-refractivity contribution in [2.24, 2.45) is 0 Å². The van der Waals surface area contributed by atoms with Crippen LogP contribution in [0.25, 0.3) is 22.2 Å². The lowest BCUT2D eigenvalue weighted by Gasteiger charge is -2.09. The number of urea groups is 1. The molecular formula is C24H24N6O2. The normalized spacial score (nSPS) is 13.2. The zero-order valence-electron chi connectivity index (χ0n) is 17.6. The molecule has 0 aliphatic heterocycles. The standard InChI is InChI=1S/C24H24N6O2/c31-23(27-16-18-7-3-6-17-5-1-2-9-21(17)18)26-13-14-29-24(32)30(20-10-11-20)22(28-29)19-8-4-12-25-15-19/h1-9,12,15,20H,10-11,13-14,16H2,(H2,26,27,31). The van der Waals surface area contributed by atoms with Gasteiger partial charge in [0.25, 0.3) is 0 Å². The minimum absolute atomic E-state index is 0.149. The lowest BCUT2D eigenvalue weighted by atomic mass is 10.0. The number of carbonyl (C=O) groups is 1. The van der Waals surface area contributed by atoms with Crippen molar-refractivity contribution in [3.05, 3.63) is 83.0 Å². The number of benzene rings is 2. The zero-order valence-corrected chi connectivity index (χ0v) is 17.6. The average Bonchev–Trinajstić information content (AvgIpc) is 3.61. The van der Waals surface area contributed by atoms with Crippen LogP contribution in [-0.2, 0) is 13.1 Å². The Hall–Kier alpha value is -3.94. The Kier molecular flexibility index (Phi) is 5.41. The molecule has 0 bridgehead atoms. The third-order valence-corrected chi connectivity index (χ3v) is 5.63. The fourth-order valence-electron chi connectivity index (χ4n) is 3.88. The predicted molar refractivity (Wildman–Crippen MR) is 122 cm³/mol. The monoisotopic (exact) mass is 428 g/mol. The number of nitrogens with zero attached hydrogens (tertiary/aromatic N) is 4. The van der Waals surface area contributed by atoms with Gasteiger partial charge in [-0.05, 0) is 41.3 Å². The first-order valence-corrected chi connectivity index (χ1v) is 10.8. The summed E-state index contributed by atoms with van der Waals surface area (Å²) in [5, 5.41) is 12.5. The van der Waals surface area contributed by atoms with Crippen molar-refractivity contribution in [3.8, 4) is 11.4 Å². The molecule has 0 radical (unpaired) electrons. The first-order chi connectivity index (χ1) is 15.7. The van der Waals surface area contributed by atoms with Gasteiger partial charge in [-0.25, -0.2) is 14.3 Å². The van der Waals surface area contributed by atoms with Gasteiger partial charge < -0.3 is 10.6 Å². The Morgan fingerprint density at radius 3 is 2.69 bits per heavy atom. The van der Waals surface area contributed by atoms with Gasteiger partial charge in [0.2, 0.25) is 0 Å². The van der Waals surface area contributed by atoms with Crippen molar-refractivity contribution in [3.63, 3.8) is 0 Å². The summed E-state index contributed by atoms with van der Waals surface area (Å²) >= 11 is 0. The van der Waals surface area contributed by atoms with Crippen molar-refractivity contribution >= 4 is 16.8 Å². The lowest BCUT2D eigenvalue weighted by molar-refractivity contribution is 0.240. The molecule has 5 rings (SSSR count). The molecule has 2 aromatic carbocycles. The Bertz CT molecular complexity index is 1300. The third-order valence-electron chi connectivity index (χ3n) is 5.63. The highest BCUT2D eigenvalue weighted by atomic mass is 16.2. The number of carbonyl (C=O) groups excluding carboxylic acids is 1. The maximum absolute atomic E-state index is 12.9. The van der Waals surface area contributed by atoms with Gasteiger partial charge in [0.15, 0.2) is 5.82 Å². The van der Waals surface area contributed by atoms with Crippen LogP contribution in [0.4, 0.5) is 4.79 Å². The molecular weight excluding hydrogens is 404 g/mol. The van der Waals surface area contributed by atoms with E-state index in [2.05, 4.69) is 32.8 Å². The van der Waals surface area contributed by atoms with E-state index in [4.69, 9.17) is 0 Å². The minimum Gasteiger partial charge on any atom is -0.336 e. The van der Waals surface area contributed by atoms with Gasteiger partial charge in [0.05, 0.1) is 6.54 Å². The van der Waals surface area contributed by atoms with E-state index in [-0.39, 0.29) is 17.8 Å². The van der Waals surface area contributed by atoms with Gasteiger partial charge in [-0.3, -0.25) is 9.55 Å². The second-order valence-corrected chi connectivity index (χ2v) is 7.92. The number of fused-ring (bicyclic) bond motifs is 1. The maximum Gasteiger partial charge on any atom is 0.346 e. The molecule has 2 aromatic heterocycles. The largest absolute Gasteiger partial charge is 0.346 e. The summed E-state index contributed by atoms with van der Waals surface area (Å²) < 4.78 is 3.17. The summed E-state index contributed by atoms with van der Waals surface area (Å²) in [4.78, 5) is 29.3. The highest BCUT2D eigenvalue weighted by molar-refractivity contribution is 5.86. The van der Waals surface area contributed by atoms with Gasteiger partial charge in [-0.1, -0.05) is 42.5 Å². The summed E-state index contributed by atoms with van der Waals surface area (Å²) in [5.74, 6) is 0.631. The second-order valence-electron chi connectivity index (χ2n) is 7.92. The highest BCUT2D eigenvalue weighted by Gasteiger charge is 2.30. The van der Waals surface area contributed by atoms with Crippen LogP contribution in [0.5, 0.6) is 0 Å². The van der Waals surface area contributed by atoms with Crippen molar-refractivity contribution in [2.45, 2.75) is 32.0 Å². The first-order valence-electron chi connectivity index (χ1n) is 10.8. The Morgan fingerprint density at radius 2 is 1.88 bits per heavy atom. The number of nitrogens with one attached hydrogen (secondary N) is 2. The molecule has 0 spiro atoms. The topological polar surface area (TPSA) is 93.8 Å². The van der Waals surface area contributed by atoms with Crippen LogP contribution in [-0.4, -0.2) is 31.9 Å². The van der Waals surface area contributed by atoms with E-state index in [1.807, 2.05) is 42.5 Å². The van der Waals surface area contributed by atoms with E-state index >= 15 is 0 Å². The summed E-state index contributed by atoms with van der Waals surface area (Å²) in [5.41, 5.74) is 1.72. The number of rotatable bonds is 7. The fraction of sp³-hybridized carbons (Fsp3) is 0.250. The first kappa shape index (κ1) is 20.0. The molecule has 1 saturated carbocycles. The highest BCUT2D eigenvalue weighted by Crippen LogP contribution is 2.36. The number of aromatic nitrogens is 4. The van der Waals surface area contributed by atoms with Crippen molar-refractivity contribution < 1.29 is 4.79 Å². The molecule has 2 amide bonds. The smallest absolute Gasteiger partial charge is 0.336 e. The van der Waals surface area contributed by atoms with E-state index in [0.717, 1.165) is 34.7 Å². The van der Waals surface area contributed by atoms with Crippen molar-refractivity contribution in [1.82, 2.24) is 30.0 Å². The van der Waals surface area contributed by atoms with E-state index in [1.165, 1.54) is 4.68 Å². The van der Waals surface area contributed by atoms with E-state index in [0.29, 0.717) is 25.5 Å². The molecule has 8 heteroatoms. The molecule has 2 N–H and O–H groups in total. The average molecular weight is 428 g/mol. The molecule has 8 nitrogen and oxygen atoms in total. The molecule has 1 aliphatic carbocycles. The van der Waals surface area contributed by atoms with E-state index in [9.17, 15) is 9.59 Å². The predicted octanol–water partition coefficient (Wildman–Crippen LogP) is 3.09. The molecule has 1 fully saturated rings. The second kappa shape index (κ2) is 8.66. The Morgan fingerprint density at radius 1 is 1.03 bits per heavy atom. The van der Waals surface area contributed by atoms with Crippen LogP contribution in [0, 0.1) is 0 Å². The van der Waals surface area contributed by atoms with Gasteiger partial charge in [-0.15, -0.1) is 5.10 Å². The molecule has 2 heterocycles. The lowest BCUT2D eigenvalue weighted by Crippen LogP contribution is -2.38. The van der Waals surface area contributed by atoms with Crippen molar-refractivity contribution in [2.75, 3.05) is 6.54 Å². The molecule has 0 saturated heterocycles. The zero-order chi connectivity index (χ0) is 21.9. The van der Waals surface area contributed by atoms with Gasteiger partial charge >= 0.3 is 11.7 Å². The Labute approximate surface area is 184 Å². The molecule has 4 aromatic rings. The number of hydrogen-bond donors (Lipinski definition) is 2. The van der Waals surface area contributed by atoms with E-state index < -0.39 is 0 Å². The summed E-state index contributed by atoms with van der Waals surface area (Å²) in [6, 6.07) is 17.8.